The van der Waals surface area contributed by atoms with Gasteiger partial charge in [0, 0.05) is 48.8 Å². The Morgan fingerprint density at radius 1 is 1.13 bits per heavy atom. The maximum absolute atomic E-state index is 11.5. The van der Waals surface area contributed by atoms with Crippen LogP contribution in [0.25, 0.3) is 22.8 Å². The molecule has 2 aromatic heterocycles. The first-order chi connectivity index (χ1) is 14.3. The average molecular weight is 463 g/mol. The van der Waals surface area contributed by atoms with E-state index in [4.69, 9.17) is 9.40 Å². The zero-order valence-corrected chi connectivity index (χ0v) is 19.5. The van der Waals surface area contributed by atoms with Gasteiger partial charge < -0.3 is 9.32 Å². The van der Waals surface area contributed by atoms with Gasteiger partial charge in [0.05, 0.1) is 5.69 Å². The summed E-state index contributed by atoms with van der Waals surface area (Å²) in [6.45, 7) is 6.42. The van der Waals surface area contributed by atoms with Gasteiger partial charge in [-0.25, -0.2) is 23.4 Å². The Bertz CT molecular complexity index is 1130. The Kier molecular flexibility index (Phi) is 7.13. The zero-order valence-electron chi connectivity index (χ0n) is 17.9. The molecule has 0 radical (unpaired) electrons. The highest BCUT2D eigenvalue weighted by Gasteiger charge is 2.21. The molecule has 0 spiro atoms. The molecule has 0 aliphatic carbocycles. The second kappa shape index (κ2) is 9.46. The Morgan fingerprint density at radius 3 is 2.35 bits per heavy atom. The van der Waals surface area contributed by atoms with Crippen molar-refractivity contribution in [1.29, 1.82) is 0 Å². The van der Waals surface area contributed by atoms with E-state index in [1.807, 2.05) is 31.2 Å². The van der Waals surface area contributed by atoms with Gasteiger partial charge in [0.15, 0.2) is 15.7 Å². The Hall–Kier alpha value is -2.29. The number of sulfone groups is 1. The summed E-state index contributed by atoms with van der Waals surface area (Å²) in [7, 11) is -3.31. The molecule has 4 rings (SSSR count). The maximum Gasteiger partial charge on any atom is 0.226 e. The third-order valence-electron chi connectivity index (χ3n) is 5.67. The molecule has 9 heteroatoms. The van der Waals surface area contributed by atoms with Crippen molar-refractivity contribution < 1.29 is 12.8 Å². The first-order valence-corrected chi connectivity index (χ1v) is 12.0. The number of aryl methyl sites for hydroxylation is 1. The molecule has 3 heterocycles. The van der Waals surface area contributed by atoms with Gasteiger partial charge in [-0.3, -0.25) is 0 Å². The maximum atomic E-state index is 11.5. The highest BCUT2D eigenvalue weighted by molar-refractivity contribution is 7.90. The minimum absolute atomic E-state index is 0. The lowest BCUT2D eigenvalue weighted by Gasteiger charge is -2.20. The van der Waals surface area contributed by atoms with Crippen molar-refractivity contribution in [1.82, 2.24) is 19.9 Å². The van der Waals surface area contributed by atoms with Gasteiger partial charge in [-0.2, -0.15) is 0 Å². The van der Waals surface area contributed by atoms with E-state index in [0.717, 1.165) is 41.8 Å². The smallest absolute Gasteiger partial charge is 0.226 e. The average Bonchev–Trinajstić information content (AvgIpc) is 3.31. The topological polar surface area (TPSA) is 89.2 Å². The third kappa shape index (κ3) is 5.31. The van der Waals surface area contributed by atoms with Gasteiger partial charge in [-0.05, 0) is 45.4 Å². The van der Waals surface area contributed by atoms with Crippen LogP contribution < -0.4 is 0 Å². The van der Waals surface area contributed by atoms with Crippen LogP contribution in [0.1, 0.15) is 31.2 Å². The molecule has 7 nitrogen and oxygen atoms in total. The molecule has 3 aromatic rings. The van der Waals surface area contributed by atoms with Crippen LogP contribution in [0.4, 0.5) is 0 Å². The largest absolute Gasteiger partial charge is 0.441 e. The molecule has 1 aromatic carbocycles. The zero-order chi connectivity index (χ0) is 21.3. The summed E-state index contributed by atoms with van der Waals surface area (Å²) in [5, 5.41) is 0. The Balaban J connectivity index is 0.00000272. The SMILES string of the molecule is Cc1oc(-c2ccc(-c3ncc(S(C)(=O)=O)cn3)cc2)nc1CCN1CCCC1C.Cl. The fourth-order valence-corrected chi connectivity index (χ4v) is 4.26. The molecule has 31 heavy (non-hydrogen) atoms. The molecule has 1 fully saturated rings. The van der Waals surface area contributed by atoms with Gasteiger partial charge in [-0.15, -0.1) is 12.4 Å². The van der Waals surface area contributed by atoms with Crippen LogP contribution in [-0.4, -0.2) is 53.7 Å². The monoisotopic (exact) mass is 462 g/mol. The summed E-state index contributed by atoms with van der Waals surface area (Å²) < 4.78 is 29.0. The molecule has 1 aliphatic heterocycles. The summed E-state index contributed by atoms with van der Waals surface area (Å²) in [4.78, 5) is 15.7. The quantitative estimate of drug-likeness (QED) is 0.547. The Labute approximate surface area is 189 Å². The third-order valence-corrected chi connectivity index (χ3v) is 6.73. The number of likely N-dealkylation sites (tertiary alicyclic amines) is 1. The first-order valence-electron chi connectivity index (χ1n) is 10.1. The van der Waals surface area contributed by atoms with E-state index >= 15 is 0 Å². The summed E-state index contributed by atoms with van der Waals surface area (Å²) in [5.74, 6) is 1.94. The number of nitrogens with zero attached hydrogens (tertiary/aromatic N) is 4. The van der Waals surface area contributed by atoms with Crippen molar-refractivity contribution in [3.05, 3.63) is 48.1 Å². The molecule has 1 aliphatic rings. The van der Waals surface area contributed by atoms with E-state index in [2.05, 4.69) is 21.8 Å². The molecular formula is C22H27ClN4O3S. The van der Waals surface area contributed by atoms with Crippen LogP contribution in [0, 0.1) is 6.92 Å². The second-order valence-corrected chi connectivity index (χ2v) is 9.91. The molecule has 0 N–H and O–H groups in total. The summed E-state index contributed by atoms with van der Waals surface area (Å²) >= 11 is 0. The Morgan fingerprint density at radius 2 is 1.77 bits per heavy atom. The number of hydrogen-bond acceptors (Lipinski definition) is 7. The van der Waals surface area contributed by atoms with Crippen molar-refractivity contribution in [3.8, 4) is 22.8 Å². The van der Waals surface area contributed by atoms with Gasteiger partial charge >= 0.3 is 0 Å². The fraction of sp³-hybridized carbons (Fsp3) is 0.409. The van der Waals surface area contributed by atoms with E-state index in [1.54, 1.807) is 0 Å². The summed E-state index contributed by atoms with van der Waals surface area (Å²) in [6.07, 6.45) is 7.23. The number of aromatic nitrogens is 3. The van der Waals surface area contributed by atoms with Crippen LogP contribution in [0.15, 0.2) is 46.0 Å². The standard InChI is InChI=1S/C22H26N4O3S.ClH/c1-15-5-4-11-26(15)12-10-20-16(2)29-22(25-20)18-8-6-17(7-9-18)21-23-13-19(14-24-21)30(3,27)28;/h6-9,13-15H,4-5,10-12H2,1-3H3;1H. The van der Waals surface area contributed by atoms with Crippen LogP contribution in [0.2, 0.25) is 0 Å². The second-order valence-electron chi connectivity index (χ2n) is 7.89. The number of rotatable bonds is 6. The van der Waals surface area contributed by atoms with E-state index in [0.29, 0.717) is 17.8 Å². The lowest BCUT2D eigenvalue weighted by molar-refractivity contribution is 0.271. The molecule has 1 atom stereocenters. The lowest BCUT2D eigenvalue weighted by Crippen LogP contribution is -2.29. The highest BCUT2D eigenvalue weighted by Crippen LogP contribution is 2.25. The van der Waals surface area contributed by atoms with Crippen LogP contribution in [0.3, 0.4) is 0 Å². The van der Waals surface area contributed by atoms with E-state index in [9.17, 15) is 8.42 Å². The van der Waals surface area contributed by atoms with Gasteiger partial charge in [0.1, 0.15) is 10.7 Å². The van der Waals surface area contributed by atoms with Gasteiger partial charge in [0.2, 0.25) is 5.89 Å². The molecule has 0 saturated carbocycles. The summed E-state index contributed by atoms with van der Waals surface area (Å²) in [6, 6.07) is 8.26. The molecule has 0 amide bonds. The van der Waals surface area contributed by atoms with Crippen molar-refractivity contribution >= 4 is 22.2 Å². The molecule has 1 unspecified atom stereocenters. The number of benzene rings is 1. The predicted octanol–water partition coefficient (Wildman–Crippen LogP) is 3.96. The van der Waals surface area contributed by atoms with Crippen molar-refractivity contribution in [2.75, 3.05) is 19.3 Å². The minimum Gasteiger partial charge on any atom is -0.441 e. The highest BCUT2D eigenvalue weighted by atomic mass is 35.5. The van der Waals surface area contributed by atoms with Crippen molar-refractivity contribution in [2.24, 2.45) is 0 Å². The number of oxazole rings is 1. The summed E-state index contributed by atoms with van der Waals surface area (Å²) in [5.41, 5.74) is 2.69. The first kappa shape index (κ1) is 23.4. The molecule has 166 valence electrons. The van der Waals surface area contributed by atoms with Crippen LogP contribution in [-0.2, 0) is 16.3 Å². The normalized spacial score (nSPS) is 16.9. The molecule has 0 bridgehead atoms. The van der Waals surface area contributed by atoms with E-state index in [-0.39, 0.29) is 17.3 Å². The lowest BCUT2D eigenvalue weighted by atomic mass is 10.1. The molecular weight excluding hydrogens is 436 g/mol. The molecule has 1 saturated heterocycles. The number of halogens is 1. The van der Waals surface area contributed by atoms with Crippen molar-refractivity contribution in [2.45, 2.75) is 44.0 Å². The van der Waals surface area contributed by atoms with E-state index < -0.39 is 9.84 Å². The van der Waals surface area contributed by atoms with E-state index in [1.165, 1.54) is 31.8 Å². The van der Waals surface area contributed by atoms with Crippen LogP contribution >= 0.6 is 12.4 Å². The fourth-order valence-electron chi connectivity index (χ4n) is 3.78. The van der Waals surface area contributed by atoms with Crippen molar-refractivity contribution in [3.63, 3.8) is 0 Å². The minimum atomic E-state index is -3.31. The van der Waals surface area contributed by atoms with Gasteiger partial charge in [-0.1, -0.05) is 12.1 Å². The predicted molar refractivity (Wildman–Crippen MR) is 122 cm³/mol. The van der Waals surface area contributed by atoms with Gasteiger partial charge in [0.25, 0.3) is 0 Å². The van der Waals surface area contributed by atoms with Crippen LogP contribution in [0.5, 0.6) is 0 Å². The number of hydrogen-bond donors (Lipinski definition) is 0.